The normalized spacial score (nSPS) is 13.4. The number of aldehydes is 1. The first-order chi connectivity index (χ1) is 14.7. The maximum Gasteiger partial charge on any atom is 0.123 e. The lowest BCUT2D eigenvalue weighted by atomic mass is 9.82. The third-order valence-electron chi connectivity index (χ3n) is 5.23. The van der Waals surface area contributed by atoms with Crippen LogP contribution in [-0.4, -0.2) is 19.5 Å². The zero-order valence-corrected chi connectivity index (χ0v) is 18.3. The Kier molecular flexibility index (Phi) is 10.4. The molecule has 2 aromatic rings. The highest BCUT2D eigenvalue weighted by Gasteiger charge is 2.18. The number of carbonyl (C=O) groups excluding carboxylic acids is 1. The van der Waals surface area contributed by atoms with Crippen LogP contribution in [-0.2, 0) is 4.79 Å². The predicted octanol–water partition coefficient (Wildman–Crippen LogP) is 7.10. The maximum atomic E-state index is 10.7. The zero-order chi connectivity index (χ0) is 21.6. The van der Waals surface area contributed by atoms with Crippen LogP contribution in [0, 0.1) is 11.8 Å². The highest BCUT2D eigenvalue weighted by molar-refractivity contribution is 5.71. The molecule has 2 aromatic carbocycles. The first kappa shape index (κ1) is 23.3. The first-order valence-electron chi connectivity index (χ1n) is 10.8. The summed E-state index contributed by atoms with van der Waals surface area (Å²) in [7, 11) is 1.83. The lowest BCUT2D eigenvalue weighted by Gasteiger charge is -2.22. The molecular weight excluding hydrogens is 368 g/mol. The number of unbranched alkanes of at least 4 members (excludes halogenated alkanes) is 1. The van der Waals surface area contributed by atoms with E-state index in [0.717, 1.165) is 54.5 Å². The van der Waals surface area contributed by atoms with E-state index in [9.17, 15) is 4.79 Å². The number of rotatable bonds is 13. The second-order valence-corrected chi connectivity index (χ2v) is 7.58. The molecule has 0 fully saturated rings. The number of carbonyl (C=O) groups is 1. The summed E-state index contributed by atoms with van der Waals surface area (Å²) in [6, 6.07) is 18.6. The molecule has 1 N–H and O–H groups in total. The van der Waals surface area contributed by atoms with Crippen molar-refractivity contribution in [2.75, 3.05) is 12.4 Å². The fourth-order valence-corrected chi connectivity index (χ4v) is 3.59. The van der Waals surface area contributed by atoms with Crippen molar-refractivity contribution in [3.63, 3.8) is 0 Å². The molecule has 0 bridgehead atoms. The zero-order valence-electron chi connectivity index (χ0n) is 18.3. The van der Waals surface area contributed by atoms with Crippen molar-refractivity contribution in [1.29, 1.82) is 0 Å². The fourth-order valence-electron chi connectivity index (χ4n) is 3.59. The fraction of sp³-hybridized carbons (Fsp3) is 0.333. The monoisotopic (exact) mass is 402 g/mol. The van der Waals surface area contributed by atoms with E-state index in [-0.39, 0.29) is 5.92 Å². The Labute approximate surface area is 181 Å². The smallest absolute Gasteiger partial charge is 0.123 e. The van der Waals surface area contributed by atoms with Gasteiger partial charge in [0.1, 0.15) is 6.29 Å². The van der Waals surface area contributed by atoms with Gasteiger partial charge in [-0.1, -0.05) is 68.8 Å². The number of para-hydroxylation sites is 1. The molecule has 0 saturated heterocycles. The van der Waals surface area contributed by atoms with Gasteiger partial charge in [-0.15, -0.1) is 0 Å². The minimum atomic E-state index is 0.277. The summed E-state index contributed by atoms with van der Waals surface area (Å²) in [5.74, 6) is 0.642. The summed E-state index contributed by atoms with van der Waals surface area (Å²) < 4.78 is 0. The standard InChI is InChI=1S/C27H34N2O/c1-4-5-11-24(12-9-10-19-30)25(21-28-3)20-22(2)23-15-17-27(18-16-23)29-26-13-7-6-8-14-26/h6-9,12-19,21,24-25,29H,2,4-5,10-11,20H2,1,3H3/b12-9-,28-21?. The van der Waals surface area contributed by atoms with E-state index in [0.29, 0.717) is 12.3 Å². The van der Waals surface area contributed by atoms with Gasteiger partial charge in [-0.25, -0.2) is 0 Å². The van der Waals surface area contributed by atoms with Crippen LogP contribution >= 0.6 is 0 Å². The van der Waals surface area contributed by atoms with Crippen molar-refractivity contribution in [2.24, 2.45) is 16.8 Å². The van der Waals surface area contributed by atoms with E-state index in [1.165, 1.54) is 0 Å². The van der Waals surface area contributed by atoms with Crippen LogP contribution in [0.3, 0.4) is 0 Å². The SMILES string of the molecule is C=C(CC(C=NC)C(/C=C\CC=O)CCCC)c1ccc(Nc2ccccc2)cc1. The Morgan fingerprint density at radius 2 is 1.77 bits per heavy atom. The van der Waals surface area contributed by atoms with Gasteiger partial charge in [0.2, 0.25) is 0 Å². The van der Waals surface area contributed by atoms with Crippen LogP contribution in [0.2, 0.25) is 0 Å². The van der Waals surface area contributed by atoms with E-state index in [1.54, 1.807) is 0 Å². The van der Waals surface area contributed by atoms with Gasteiger partial charge in [0.25, 0.3) is 0 Å². The lowest BCUT2D eigenvalue weighted by molar-refractivity contribution is -0.107. The van der Waals surface area contributed by atoms with E-state index in [1.807, 2.05) is 37.5 Å². The van der Waals surface area contributed by atoms with Crippen molar-refractivity contribution < 1.29 is 4.79 Å². The number of hydrogen-bond acceptors (Lipinski definition) is 3. The highest BCUT2D eigenvalue weighted by atomic mass is 16.1. The summed E-state index contributed by atoms with van der Waals surface area (Å²) >= 11 is 0. The number of benzene rings is 2. The number of hydrogen-bond donors (Lipinski definition) is 1. The van der Waals surface area contributed by atoms with E-state index < -0.39 is 0 Å². The van der Waals surface area contributed by atoms with Gasteiger partial charge >= 0.3 is 0 Å². The van der Waals surface area contributed by atoms with Crippen LogP contribution in [0.4, 0.5) is 11.4 Å². The quantitative estimate of drug-likeness (QED) is 0.220. The summed E-state index contributed by atoms with van der Waals surface area (Å²) in [6.45, 7) is 6.56. The molecule has 2 rings (SSSR count). The molecular formula is C27H34N2O. The van der Waals surface area contributed by atoms with Crippen LogP contribution in [0.15, 0.2) is 78.3 Å². The summed E-state index contributed by atoms with van der Waals surface area (Å²) in [6.07, 6.45) is 11.9. The molecule has 0 radical (unpaired) electrons. The summed E-state index contributed by atoms with van der Waals surface area (Å²) in [4.78, 5) is 15.0. The van der Waals surface area contributed by atoms with Crippen molar-refractivity contribution >= 4 is 29.4 Å². The molecule has 0 aliphatic rings. The Morgan fingerprint density at radius 3 is 2.40 bits per heavy atom. The van der Waals surface area contributed by atoms with Gasteiger partial charge < -0.3 is 15.1 Å². The number of allylic oxidation sites excluding steroid dienone is 3. The van der Waals surface area contributed by atoms with Gasteiger partial charge in [0.05, 0.1) is 0 Å². The van der Waals surface area contributed by atoms with Crippen molar-refractivity contribution in [1.82, 2.24) is 0 Å². The topological polar surface area (TPSA) is 41.5 Å². The van der Waals surface area contributed by atoms with Gasteiger partial charge in [-0.2, -0.15) is 0 Å². The predicted molar refractivity (Wildman–Crippen MR) is 131 cm³/mol. The Hall–Kier alpha value is -2.94. The second kappa shape index (κ2) is 13.3. The number of aliphatic imine (C=N–C) groups is 1. The van der Waals surface area contributed by atoms with E-state index in [2.05, 4.69) is 66.3 Å². The number of anilines is 2. The van der Waals surface area contributed by atoms with Crippen LogP contribution in [0.1, 0.15) is 44.6 Å². The minimum absolute atomic E-state index is 0.277. The molecule has 3 nitrogen and oxygen atoms in total. The van der Waals surface area contributed by atoms with Crippen molar-refractivity contribution in [2.45, 2.75) is 39.0 Å². The molecule has 0 heterocycles. The molecule has 0 saturated carbocycles. The van der Waals surface area contributed by atoms with Crippen LogP contribution in [0.25, 0.3) is 5.57 Å². The molecule has 2 unspecified atom stereocenters. The third-order valence-corrected chi connectivity index (χ3v) is 5.23. The molecule has 0 aromatic heterocycles. The Balaban J connectivity index is 2.07. The molecule has 30 heavy (non-hydrogen) atoms. The van der Waals surface area contributed by atoms with Gasteiger partial charge in [-0.3, -0.25) is 0 Å². The second-order valence-electron chi connectivity index (χ2n) is 7.58. The average molecular weight is 403 g/mol. The molecule has 3 heteroatoms. The Bertz CT molecular complexity index is 822. The molecule has 2 atom stereocenters. The van der Waals surface area contributed by atoms with Crippen molar-refractivity contribution in [3.8, 4) is 0 Å². The Morgan fingerprint density at radius 1 is 1.07 bits per heavy atom. The molecule has 0 aliphatic heterocycles. The average Bonchev–Trinajstić information content (AvgIpc) is 2.77. The van der Waals surface area contributed by atoms with E-state index >= 15 is 0 Å². The highest BCUT2D eigenvalue weighted by Crippen LogP contribution is 2.30. The summed E-state index contributed by atoms with van der Waals surface area (Å²) in [5.41, 5.74) is 4.39. The third kappa shape index (κ3) is 7.82. The lowest BCUT2D eigenvalue weighted by Crippen LogP contribution is -2.15. The van der Waals surface area contributed by atoms with Crippen molar-refractivity contribution in [3.05, 3.63) is 78.9 Å². The van der Waals surface area contributed by atoms with Crippen LogP contribution in [0.5, 0.6) is 0 Å². The number of nitrogens with one attached hydrogen (secondary N) is 1. The molecule has 0 amide bonds. The largest absolute Gasteiger partial charge is 0.356 e. The van der Waals surface area contributed by atoms with E-state index in [4.69, 9.17) is 0 Å². The van der Waals surface area contributed by atoms with Gasteiger partial charge in [0.15, 0.2) is 0 Å². The van der Waals surface area contributed by atoms with Crippen LogP contribution < -0.4 is 5.32 Å². The first-order valence-corrected chi connectivity index (χ1v) is 10.8. The molecule has 0 spiro atoms. The maximum absolute atomic E-state index is 10.7. The summed E-state index contributed by atoms with van der Waals surface area (Å²) in [5, 5.41) is 3.41. The minimum Gasteiger partial charge on any atom is -0.356 e. The van der Waals surface area contributed by atoms with Gasteiger partial charge in [0, 0.05) is 37.0 Å². The molecule has 0 aliphatic carbocycles. The number of nitrogens with zero attached hydrogens (tertiary/aromatic N) is 1. The van der Waals surface area contributed by atoms with Gasteiger partial charge in [-0.05, 0) is 54.2 Å². The molecule has 158 valence electrons.